The zero-order valence-electron chi connectivity index (χ0n) is 13.3. The predicted molar refractivity (Wildman–Crippen MR) is 83.6 cm³/mol. The number of carbonyl (C=O) groups is 2. The van der Waals surface area contributed by atoms with Crippen LogP contribution in [0.2, 0.25) is 0 Å². The molecule has 1 unspecified atom stereocenters. The van der Waals surface area contributed by atoms with Crippen molar-refractivity contribution < 1.29 is 23.8 Å². The van der Waals surface area contributed by atoms with E-state index in [1.54, 1.807) is 13.1 Å². The van der Waals surface area contributed by atoms with Crippen LogP contribution in [-0.2, 0) is 9.53 Å². The molecule has 2 N–H and O–H groups in total. The van der Waals surface area contributed by atoms with Gasteiger partial charge in [0.2, 0.25) is 0 Å². The number of carboxylic acids is 1. The topological polar surface area (TPSA) is 93.5 Å². The second kappa shape index (κ2) is 7.69. The minimum absolute atomic E-state index is 0.114. The molecular formula is C16H18FN3O4. The van der Waals surface area contributed by atoms with Crippen LogP contribution in [0.5, 0.6) is 0 Å². The molecule has 1 aromatic heterocycles. The predicted octanol–water partition coefficient (Wildman–Crippen LogP) is 1.54. The Balaban J connectivity index is 2.17. The highest BCUT2D eigenvalue weighted by atomic mass is 19.1. The summed E-state index contributed by atoms with van der Waals surface area (Å²) in [6.45, 7) is 1.90. The van der Waals surface area contributed by atoms with Crippen LogP contribution in [0.1, 0.15) is 22.5 Å². The number of benzene rings is 1. The van der Waals surface area contributed by atoms with Gasteiger partial charge in [0.05, 0.1) is 5.69 Å². The maximum Gasteiger partial charge on any atom is 0.326 e. The summed E-state index contributed by atoms with van der Waals surface area (Å²) in [5.41, 5.74) is 1.28. The third kappa shape index (κ3) is 4.17. The summed E-state index contributed by atoms with van der Waals surface area (Å²) in [4.78, 5) is 23.5. The number of aromatic nitrogens is 2. The highest BCUT2D eigenvalue weighted by molar-refractivity contribution is 5.96. The number of rotatable bonds is 7. The first-order chi connectivity index (χ1) is 11.4. The van der Waals surface area contributed by atoms with Gasteiger partial charge in [0.1, 0.15) is 11.9 Å². The van der Waals surface area contributed by atoms with Gasteiger partial charge in [-0.1, -0.05) is 0 Å². The minimum atomic E-state index is -1.14. The maximum atomic E-state index is 13.0. The van der Waals surface area contributed by atoms with Crippen LogP contribution in [0.4, 0.5) is 4.39 Å². The van der Waals surface area contributed by atoms with Crippen molar-refractivity contribution in [3.05, 3.63) is 47.5 Å². The van der Waals surface area contributed by atoms with Gasteiger partial charge in [-0.3, -0.25) is 4.79 Å². The molecule has 0 saturated carbocycles. The Kier molecular flexibility index (Phi) is 5.64. The molecular weight excluding hydrogens is 317 g/mol. The molecule has 2 aromatic rings. The minimum Gasteiger partial charge on any atom is -0.480 e. The second-order valence-corrected chi connectivity index (χ2v) is 5.23. The van der Waals surface area contributed by atoms with E-state index >= 15 is 0 Å². The van der Waals surface area contributed by atoms with Gasteiger partial charge in [0, 0.05) is 31.9 Å². The van der Waals surface area contributed by atoms with E-state index < -0.39 is 17.9 Å². The number of hydrogen-bond donors (Lipinski definition) is 2. The van der Waals surface area contributed by atoms with Gasteiger partial charge in [-0.15, -0.1) is 0 Å². The van der Waals surface area contributed by atoms with Gasteiger partial charge in [0.25, 0.3) is 5.91 Å². The van der Waals surface area contributed by atoms with E-state index in [-0.39, 0.29) is 24.5 Å². The molecule has 0 saturated heterocycles. The number of nitrogens with zero attached hydrogens (tertiary/aromatic N) is 2. The summed E-state index contributed by atoms with van der Waals surface area (Å²) in [5.74, 6) is -2.10. The lowest BCUT2D eigenvalue weighted by molar-refractivity contribution is -0.139. The second-order valence-electron chi connectivity index (χ2n) is 5.23. The van der Waals surface area contributed by atoms with Crippen molar-refractivity contribution in [2.24, 2.45) is 0 Å². The van der Waals surface area contributed by atoms with Gasteiger partial charge in [-0.25, -0.2) is 13.9 Å². The Morgan fingerprint density at radius 3 is 2.62 bits per heavy atom. The molecule has 7 nitrogen and oxygen atoms in total. The third-order valence-corrected chi connectivity index (χ3v) is 3.42. The van der Waals surface area contributed by atoms with E-state index in [0.717, 1.165) is 0 Å². The average molecular weight is 335 g/mol. The SMILES string of the molecule is COCCC(NC(=O)c1nn(-c2ccc(F)cc2)cc1C)C(=O)O. The largest absolute Gasteiger partial charge is 0.480 e. The Hall–Kier alpha value is -2.74. The maximum absolute atomic E-state index is 13.0. The smallest absolute Gasteiger partial charge is 0.326 e. The van der Waals surface area contributed by atoms with E-state index in [0.29, 0.717) is 11.3 Å². The van der Waals surface area contributed by atoms with Crippen LogP contribution in [0, 0.1) is 12.7 Å². The van der Waals surface area contributed by atoms with Crippen LogP contribution in [0.3, 0.4) is 0 Å². The normalized spacial score (nSPS) is 12.0. The van der Waals surface area contributed by atoms with Crippen molar-refractivity contribution >= 4 is 11.9 Å². The number of nitrogens with one attached hydrogen (secondary N) is 1. The molecule has 0 spiro atoms. The number of carboxylic acid groups (broad SMARTS) is 1. The number of carbonyl (C=O) groups excluding carboxylic acids is 1. The highest BCUT2D eigenvalue weighted by Gasteiger charge is 2.23. The van der Waals surface area contributed by atoms with Crippen molar-refractivity contribution in [1.82, 2.24) is 15.1 Å². The lowest BCUT2D eigenvalue weighted by atomic mass is 10.2. The van der Waals surface area contributed by atoms with E-state index in [1.165, 1.54) is 36.1 Å². The Bertz CT molecular complexity index is 727. The molecule has 0 aliphatic carbocycles. The van der Waals surface area contributed by atoms with Crippen molar-refractivity contribution in [2.45, 2.75) is 19.4 Å². The summed E-state index contributed by atoms with van der Waals surface area (Å²) < 4.78 is 19.3. The zero-order valence-corrected chi connectivity index (χ0v) is 13.3. The molecule has 1 aromatic carbocycles. The first-order valence-electron chi connectivity index (χ1n) is 7.27. The average Bonchev–Trinajstić information content (AvgIpc) is 2.93. The van der Waals surface area contributed by atoms with Crippen LogP contribution in [0.15, 0.2) is 30.5 Å². The van der Waals surface area contributed by atoms with E-state index in [9.17, 15) is 14.0 Å². The number of aryl methyl sites for hydroxylation is 1. The number of hydrogen-bond acceptors (Lipinski definition) is 4. The molecule has 24 heavy (non-hydrogen) atoms. The summed E-state index contributed by atoms with van der Waals surface area (Å²) in [6.07, 6.45) is 1.77. The fraction of sp³-hybridized carbons (Fsp3) is 0.312. The summed E-state index contributed by atoms with van der Waals surface area (Å²) >= 11 is 0. The van der Waals surface area contributed by atoms with Gasteiger partial charge in [-0.2, -0.15) is 5.10 Å². The first kappa shape index (κ1) is 17.6. The summed E-state index contributed by atoms with van der Waals surface area (Å²) in [7, 11) is 1.45. The van der Waals surface area contributed by atoms with Crippen LogP contribution >= 0.6 is 0 Å². The Labute approximate surface area is 138 Å². The molecule has 1 amide bonds. The lowest BCUT2D eigenvalue weighted by Gasteiger charge is -2.13. The third-order valence-electron chi connectivity index (χ3n) is 3.42. The fourth-order valence-corrected chi connectivity index (χ4v) is 2.13. The molecule has 0 bridgehead atoms. The number of aliphatic carboxylic acids is 1. The molecule has 1 atom stereocenters. The number of amides is 1. The number of ether oxygens (including phenoxy) is 1. The van der Waals surface area contributed by atoms with Crippen LogP contribution in [-0.4, -0.2) is 46.5 Å². The highest BCUT2D eigenvalue weighted by Crippen LogP contribution is 2.13. The van der Waals surface area contributed by atoms with Crippen molar-refractivity contribution in [2.75, 3.05) is 13.7 Å². The molecule has 0 aliphatic heterocycles. The van der Waals surface area contributed by atoms with Gasteiger partial charge >= 0.3 is 5.97 Å². The molecule has 2 rings (SSSR count). The van der Waals surface area contributed by atoms with E-state index in [2.05, 4.69) is 10.4 Å². The standard InChI is InChI=1S/C16H18FN3O4/c1-10-9-20(12-5-3-11(17)4-6-12)19-14(10)15(21)18-13(16(22)23)7-8-24-2/h3-6,9,13H,7-8H2,1-2H3,(H,18,21)(H,22,23). The molecule has 1 heterocycles. The van der Waals surface area contributed by atoms with Gasteiger partial charge < -0.3 is 15.2 Å². The number of halogens is 1. The fourth-order valence-electron chi connectivity index (χ4n) is 2.13. The zero-order chi connectivity index (χ0) is 17.7. The van der Waals surface area contributed by atoms with Crippen molar-refractivity contribution in [3.8, 4) is 5.69 Å². The van der Waals surface area contributed by atoms with Crippen molar-refractivity contribution in [1.29, 1.82) is 0 Å². The molecule has 0 aliphatic rings. The van der Waals surface area contributed by atoms with E-state index in [1.807, 2.05) is 0 Å². The molecule has 0 radical (unpaired) electrons. The van der Waals surface area contributed by atoms with Gasteiger partial charge in [0.15, 0.2) is 5.69 Å². The Morgan fingerprint density at radius 1 is 1.38 bits per heavy atom. The molecule has 128 valence electrons. The molecule has 8 heteroatoms. The van der Waals surface area contributed by atoms with Crippen LogP contribution < -0.4 is 5.32 Å². The Morgan fingerprint density at radius 2 is 2.04 bits per heavy atom. The van der Waals surface area contributed by atoms with Gasteiger partial charge in [-0.05, 0) is 31.2 Å². The number of methoxy groups -OCH3 is 1. The lowest BCUT2D eigenvalue weighted by Crippen LogP contribution is -2.41. The first-order valence-corrected chi connectivity index (χ1v) is 7.27. The van der Waals surface area contributed by atoms with Crippen LogP contribution in [0.25, 0.3) is 5.69 Å². The summed E-state index contributed by atoms with van der Waals surface area (Å²) in [6, 6.07) is 4.58. The monoisotopic (exact) mass is 335 g/mol. The van der Waals surface area contributed by atoms with Crippen molar-refractivity contribution in [3.63, 3.8) is 0 Å². The molecule has 0 fully saturated rings. The quantitative estimate of drug-likeness (QED) is 0.800. The van der Waals surface area contributed by atoms with E-state index in [4.69, 9.17) is 9.84 Å². The summed E-state index contributed by atoms with van der Waals surface area (Å²) in [5, 5.41) is 15.7.